The molecule has 0 aromatic rings. The van der Waals surface area contributed by atoms with Crippen LogP contribution in [-0.4, -0.2) is 37.9 Å². The molecule has 1 aliphatic carbocycles. The van der Waals surface area contributed by atoms with E-state index >= 15 is 0 Å². The molecule has 19 heavy (non-hydrogen) atoms. The van der Waals surface area contributed by atoms with E-state index in [-0.39, 0.29) is 18.1 Å². The Balaban J connectivity index is 2.13. The van der Waals surface area contributed by atoms with E-state index in [0.717, 1.165) is 12.5 Å². The van der Waals surface area contributed by atoms with E-state index in [0.29, 0.717) is 19.6 Å². The standard InChI is InChI=1S/C15H29NO3/c1-4-19-15(17)14(16-12(2)3)9-11-18-10-8-13-6-5-7-13/h12-14,16H,4-11H2,1-3H3. The van der Waals surface area contributed by atoms with Gasteiger partial charge in [-0.1, -0.05) is 33.1 Å². The predicted molar refractivity (Wildman–Crippen MR) is 76.1 cm³/mol. The third kappa shape index (κ3) is 6.92. The maximum Gasteiger partial charge on any atom is 0.323 e. The second-order valence-corrected chi connectivity index (χ2v) is 5.61. The van der Waals surface area contributed by atoms with E-state index in [1.807, 2.05) is 20.8 Å². The molecule has 112 valence electrons. The predicted octanol–water partition coefficient (Wildman–Crippen LogP) is 2.51. The highest BCUT2D eigenvalue weighted by molar-refractivity contribution is 5.75. The summed E-state index contributed by atoms with van der Waals surface area (Å²) in [5, 5.41) is 3.23. The molecule has 1 saturated carbocycles. The Bertz CT molecular complexity index is 252. The zero-order chi connectivity index (χ0) is 14.1. The van der Waals surface area contributed by atoms with E-state index in [1.165, 1.54) is 25.7 Å². The molecule has 1 rings (SSSR count). The Morgan fingerprint density at radius 2 is 2.05 bits per heavy atom. The first-order chi connectivity index (χ1) is 9.13. The van der Waals surface area contributed by atoms with Crippen LogP contribution in [0, 0.1) is 5.92 Å². The Kier molecular flexibility index (Phi) is 8.07. The van der Waals surface area contributed by atoms with Gasteiger partial charge in [-0.25, -0.2) is 0 Å². The van der Waals surface area contributed by atoms with Gasteiger partial charge in [0.15, 0.2) is 0 Å². The number of carbonyl (C=O) groups is 1. The number of carbonyl (C=O) groups excluding carboxylic acids is 1. The Labute approximate surface area is 117 Å². The van der Waals surface area contributed by atoms with Gasteiger partial charge >= 0.3 is 5.97 Å². The monoisotopic (exact) mass is 271 g/mol. The third-order valence-electron chi connectivity index (χ3n) is 3.55. The molecule has 0 radical (unpaired) electrons. The van der Waals surface area contributed by atoms with E-state index in [1.54, 1.807) is 0 Å². The summed E-state index contributed by atoms with van der Waals surface area (Å²) in [5.74, 6) is 0.716. The summed E-state index contributed by atoms with van der Waals surface area (Å²) in [5.41, 5.74) is 0. The fourth-order valence-corrected chi connectivity index (χ4v) is 2.25. The van der Waals surface area contributed by atoms with E-state index in [2.05, 4.69) is 5.32 Å². The normalized spacial score (nSPS) is 17.3. The lowest BCUT2D eigenvalue weighted by Gasteiger charge is -2.25. The molecule has 0 heterocycles. The van der Waals surface area contributed by atoms with Crippen molar-refractivity contribution in [3.63, 3.8) is 0 Å². The minimum atomic E-state index is -0.247. The summed E-state index contributed by atoms with van der Waals surface area (Å²) in [6.45, 7) is 7.77. The number of esters is 1. The largest absolute Gasteiger partial charge is 0.465 e. The van der Waals surface area contributed by atoms with Crippen molar-refractivity contribution in [2.24, 2.45) is 5.92 Å². The highest BCUT2D eigenvalue weighted by Crippen LogP contribution is 2.29. The first-order valence-corrected chi connectivity index (χ1v) is 7.64. The highest BCUT2D eigenvalue weighted by atomic mass is 16.5. The molecule has 0 saturated heterocycles. The molecule has 1 N–H and O–H groups in total. The van der Waals surface area contributed by atoms with Crippen molar-refractivity contribution in [2.45, 2.75) is 65.0 Å². The molecule has 0 aliphatic heterocycles. The van der Waals surface area contributed by atoms with Crippen LogP contribution in [0.2, 0.25) is 0 Å². The molecule has 0 aromatic heterocycles. The van der Waals surface area contributed by atoms with Crippen LogP contribution in [0.3, 0.4) is 0 Å². The Morgan fingerprint density at radius 3 is 2.58 bits per heavy atom. The minimum absolute atomic E-state index is 0.168. The fraction of sp³-hybridized carbons (Fsp3) is 0.933. The van der Waals surface area contributed by atoms with Gasteiger partial charge in [0.25, 0.3) is 0 Å². The topological polar surface area (TPSA) is 47.6 Å². The molecule has 0 bridgehead atoms. The van der Waals surface area contributed by atoms with Crippen molar-refractivity contribution < 1.29 is 14.3 Å². The van der Waals surface area contributed by atoms with Crippen LogP contribution >= 0.6 is 0 Å². The molecular formula is C15H29NO3. The van der Waals surface area contributed by atoms with Crippen LogP contribution in [0.15, 0.2) is 0 Å². The first-order valence-electron chi connectivity index (χ1n) is 7.64. The van der Waals surface area contributed by atoms with Gasteiger partial charge in [-0.2, -0.15) is 0 Å². The lowest BCUT2D eigenvalue weighted by atomic mass is 9.83. The van der Waals surface area contributed by atoms with Gasteiger partial charge in [0.1, 0.15) is 6.04 Å². The number of hydrogen-bond acceptors (Lipinski definition) is 4. The Hall–Kier alpha value is -0.610. The van der Waals surface area contributed by atoms with Gasteiger partial charge in [0, 0.05) is 19.3 Å². The highest BCUT2D eigenvalue weighted by Gasteiger charge is 2.20. The SMILES string of the molecule is CCOC(=O)C(CCOCCC1CCC1)NC(C)C. The molecule has 0 aromatic carbocycles. The van der Waals surface area contributed by atoms with Crippen molar-refractivity contribution in [3.05, 3.63) is 0 Å². The summed E-state index contributed by atoms with van der Waals surface area (Å²) in [7, 11) is 0. The van der Waals surface area contributed by atoms with Crippen molar-refractivity contribution in [2.75, 3.05) is 19.8 Å². The van der Waals surface area contributed by atoms with Crippen LogP contribution in [0.4, 0.5) is 0 Å². The van der Waals surface area contributed by atoms with Crippen molar-refractivity contribution in [1.29, 1.82) is 0 Å². The van der Waals surface area contributed by atoms with Crippen LogP contribution < -0.4 is 5.32 Å². The molecule has 0 spiro atoms. The van der Waals surface area contributed by atoms with Crippen molar-refractivity contribution in [1.82, 2.24) is 5.32 Å². The van der Waals surface area contributed by atoms with Crippen LogP contribution in [0.5, 0.6) is 0 Å². The maximum absolute atomic E-state index is 11.8. The number of ether oxygens (including phenoxy) is 2. The van der Waals surface area contributed by atoms with Crippen LogP contribution in [-0.2, 0) is 14.3 Å². The van der Waals surface area contributed by atoms with E-state index in [4.69, 9.17) is 9.47 Å². The van der Waals surface area contributed by atoms with Gasteiger partial charge in [0.2, 0.25) is 0 Å². The molecular weight excluding hydrogens is 242 g/mol. The minimum Gasteiger partial charge on any atom is -0.465 e. The quantitative estimate of drug-likeness (QED) is 0.490. The lowest BCUT2D eigenvalue weighted by molar-refractivity contribution is -0.146. The summed E-state index contributed by atoms with van der Waals surface area (Å²) in [6, 6.07) is 0.0213. The van der Waals surface area contributed by atoms with Crippen molar-refractivity contribution >= 4 is 5.97 Å². The summed E-state index contributed by atoms with van der Waals surface area (Å²) < 4.78 is 10.7. The van der Waals surface area contributed by atoms with E-state index < -0.39 is 0 Å². The molecule has 4 nitrogen and oxygen atoms in total. The average Bonchev–Trinajstić information content (AvgIpc) is 2.29. The van der Waals surface area contributed by atoms with Crippen LogP contribution in [0.25, 0.3) is 0 Å². The van der Waals surface area contributed by atoms with Crippen molar-refractivity contribution in [3.8, 4) is 0 Å². The summed E-state index contributed by atoms with van der Waals surface area (Å²) in [4.78, 5) is 11.8. The zero-order valence-corrected chi connectivity index (χ0v) is 12.6. The molecule has 1 unspecified atom stereocenters. The summed E-state index contributed by atoms with van der Waals surface area (Å²) in [6.07, 6.45) is 5.96. The number of hydrogen-bond donors (Lipinski definition) is 1. The van der Waals surface area contributed by atoms with Gasteiger partial charge in [-0.15, -0.1) is 0 Å². The van der Waals surface area contributed by atoms with Crippen LogP contribution in [0.1, 0.15) is 52.9 Å². The van der Waals surface area contributed by atoms with E-state index in [9.17, 15) is 4.79 Å². The molecule has 1 aliphatic rings. The molecule has 0 amide bonds. The fourth-order valence-electron chi connectivity index (χ4n) is 2.25. The number of rotatable bonds is 10. The maximum atomic E-state index is 11.8. The molecule has 4 heteroatoms. The summed E-state index contributed by atoms with van der Waals surface area (Å²) >= 11 is 0. The van der Waals surface area contributed by atoms with Gasteiger partial charge in [0.05, 0.1) is 6.61 Å². The Morgan fingerprint density at radius 1 is 1.32 bits per heavy atom. The first kappa shape index (κ1) is 16.4. The second kappa shape index (κ2) is 9.32. The second-order valence-electron chi connectivity index (χ2n) is 5.61. The van der Waals surface area contributed by atoms with Gasteiger partial charge in [-0.05, 0) is 25.7 Å². The zero-order valence-electron chi connectivity index (χ0n) is 12.6. The average molecular weight is 271 g/mol. The smallest absolute Gasteiger partial charge is 0.323 e. The lowest BCUT2D eigenvalue weighted by Crippen LogP contribution is -2.42. The van der Waals surface area contributed by atoms with Gasteiger partial charge in [-0.3, -0.25) is 4.79 Å². The molecule has 1 fully saturated rings. The third-order valence-corrected chi connectivity index (χ3v) is 3.55. The number of nitrogens with one attached hydrogen (secondary N) is 1. The molecule has 1 atom stereocenters. The van der Waals surface area contributed by atoms with Gasteiger partial charge < -0.3 is 14.8 Å².